The van der Waals surface area contributed by atoms with Gasteiger partial charge in [-0.25, -0.2) is 9.37 Å². The monoisotopic (exact) mass is 373 g/mol. The number of hydrogen-bond acceptors (Lipinski definition) is 2. The summed E-state index contributed by atoms with van der Waals surface area (Å²) >= 11 is 0. The van der Waals surface area contributed by atoms with Crippen LogP contribution < -0.4 is 5.32 Å². The van der Waals surface area contributed by atoms with E-state index in [2.05, 4.69) is 17.4 Å². The summed E-state index contributed by atoms with van der Waals surface area (Å²) in [5, 5.41) is 2.90. The number of para-hydroxylation sites is 2. The fourth-order valence-corrected chi connectivity index (χ4v) is 3.22. The van der Waals surface area contributed by atoms with Crippen LogP contribution in [0.15, 0.2) is 78.9 Å². The highest BCUT2D eigenvalue weighted by Gasteiger charge is 2.14. The van der Waals surface area contributed by atoms with Crippen molar-refractivity contribution >= 4 is 16.9 Å². The normalized spacial score (nSPS) is 10.9. The summed E-state index contributed by atoms with van der Waals surface area (Å²) in [6, 6.07) is 24.0. The first kappa shape index (κ1) is 17.9. The van der Waals surface area contributed by atoms with Gasteiger partial charge in [-0.2, -0.15) is 0 Å². The Morgan fingerprint density at radius 2 is 1.61 bits per heavy atom. The molecule has 1 aromatic heterocycles. The maximum Gasteiger partial charge on any atom is 0.240 e. The van der Waals surface area contributed by atoms with Crippen LogP contribution >= 0.6 is 0 Å². The minimum atomic E-state index is -0.287. The minimum Gasteiger partial charge on any atom is -0.350 e. The Balaban J connectivity index is 1.53. The van der Waals surface area contributed by atoms with E-state index in [1.54, 1.807) is 12.1 Å². The Morgan fingerprint density at radius 1 is 0.893 bits per heavy atom. The van der Waals surface area contributed by atoms with E-state index in [-0.39, 0.29) is 18.3 Å². The highest BCUT2D eigenvalue weighted by Crippen LogP contribution is 2.18. The van der Waals surface area contributed by atoms with Crippen LogP contribution in [0, 0.1) is 5.82 Å². The van der Waals surface area contributed by atoms with Crippen molar-refractivity contribution in [2.24, 2.45) is 0 Å². The van der Waals surface area contributed by atoms with Crippen LogP contribution in [-0.4, -0.2) is 15.5 Å². The predicted molar refractivity (Wildman–Crippen MR) is 107 cm³/mol. The standard InChI is InChI=1S/C23H20FN3O/c24-19-12-10-18(11-13-19)15-25-23(28)16-27-21-9-5-4-8-20(21)26-22(27)14-17-6-2-1-3-7-17/h1-13H,14-16H2,(H,25,28). The molecule has 0 aliphatic rings. The van der Waals surface area contributed by atoms with Gasteiger partial charge in [-0.1, -0.05) is 54.6 Å². The summed E-state index contributed by atoms with van der Waals surface area (Å²) in [6.07, 6.45) is 0.654. The quantitative estimate of drug-likeness (QED) is 0.554. The van der Waals surface area contributed by atoms with Crippen LogP contribution in [0.2, 0.25) is 0 Å². The van der Waals surface area contributed by atoms with E-state index in [1.807, 2.05) is 47.0 Å². The van der Waals surface area contributed by atoms with Crippen LogP contribution in [0.25, 0.3) is 11.0 Å². The second kappa shape index (κ2) is 8.05. The van der Waals surface area contributed by atoms with Crippen LogP contribution in [-0.2, 0) is 24.3 Å². The summed E-state index contributed by atoms with van der Waals surface area (Å²) in [4.78, 5) is 17.3. The molecule has 0 saturated heterocycles. The van der Waals surface area contributed by atoms with Gasteiger partial charge in [0.2, 0.25) is 5.91 Å². The third kappa shape index (κ3) is 4.09. The Hall–Kier alpha value is -3.47. The molecule has 0 aliphatic heterocycles. The number of hydrogen-bond donors (Lipinski definition) is 1. The molecular formula is C23H20FN3O. The fraction of sp³-hybridized carbons (Fsp3) is 0.130. The largest absolute Gasteiger partial charge is 0.350 e. The maximum absolute atomic E-state index is 13.0. The topological polar surface area (TPSA) is 46.9 Å². The summed E-state index contributed by atoms with van der Waals surface area (Å²) in [5.74, 6) is 0.455. The summed E-state index contributed by atoms with van der Waals surface area (Å²) in [7, 11) is 0. The predicted octanol–water partition coefficient (Wildman–Crippen LogP) is 4.08. The molecule has 0 atom stereocenters. The van der Waals surface area contributed by atoms with Gasteiger partial charge in [-0.3, -0.25) is 4.79 Å². The van der Waals surface area contributed by atoms with E-state index in [1.165, 1.54) is 12.1 Å². The Bertz CT molecular complexity index is 1090. The van der Waals surface area contributed by atoms with Gasteiger partial charge >= 0.3 is 0 Å². The van der Waals surface area contributed by atoms with Gasteiger partial charge in [-0.05, 0) is 35.4 Å². The van der Waals surface area contributed by atoms with Crippen molar-refractivity contribution in [2.75, 3.05) is 0 Å². The van der Waals surface area contributed by atoms with Gasteiger partial charge in [0, 0.05) is 13.0 Å². The van der Waals surface area contributed by atoms with Gasteiger partial charge in [-0.15, -0.1) is 0 Å². The van der Waals surface area contributed by atoms with Crippen molar-refractivity contribution < 1.29 is 9.18 Å². The number of amides is 1. The number of halogens is 1. The van der Waals surface area contributed by atoms with Crippen LogP contribution in [0.3, 0.4) is 0 Å². The number of benzene rings is 3. The number of fused-ring (bicyclic) bond motifs is 1. The average Bonchev–Trinajstić information content (AvgIpc) is 3.05. The molecule has 140 valence electrons. The van der Waals surface area contributed by atoms with Crippen molar-refractivity contribution in [2.45, 2.75) is 19.5 Å². The van der Waals surface area contributed by atoms with Crippen LogP contribution in [0.4, 0.5) is 4.39 Å². The van der Waals surface area contributed by atoms with Gasteiger partial charge in [0.05, 0.1) is 11.0 Å². The highest BCUT2D eigenvalue weighted by atomic mass is 19.1. The summed E-state index contributed by atoms with van der Waals surface area (Å²) in [5.41, 5.74) is 3.81. The van der Waals surface area contributed by atoms with Gasteiger partial charge in [0.15, 0.2) is 0 Å². The molecule has 4 rings (SSSR count). The number of rotatable bonds is 6. The summed E-state index contributed by atoms with van der Waals surface area (Å²) in [6.45, 7) is 0.545. The number of nitrogens with one attached hydrogen (secondary N) is 1. The fourth-order valence-electron chi connectivity index (χ4n) is 3.22. The molecule has 4 nitrogen and oxygen atoms in total. The van der Waals surface area contributed by atoms with Crippen LogP contribution in [0.5, 0.6) is 0 Å². The van der Waals surface area contributed by atoms with E-state index in [9.17, 15) is 9.18 Å². The van der Waals surface area contributed by atoms with Gasteiger partial charge < -0.3 is 9.88 Å². The summed E-state index contributed by atoms with van der Waals surface area (Å²) < 4.78 is 15.0. The number of carbonyl (C=O) groups excluding carboxylic acids is 1. The molecule has 1 N–H and O–H groups in total. The lowest BCUT2D eigenvalue weighted by molar-refractivity contribution is -0.121. The first-order valence-electron chi connectivity index (χ1n) is 9.18. The molecule has 3 aromatic carbocycles. The molecule has 1 heterocycles. The lowest BCUT2D eigenvalue weighted by Crippen LogP contribution is -2.27. The minimum absolute atomic E-state index is 0.109. The zero-order valence-electron chi connectivity index (χ0n) is 15.3. The first-order valence-corrected chi connectivity index (χ1v) is 9.18. The van der Waals surface area contributed by atoms with Crippen molar-refractivity contribution in [1.29, 1.82) is 0 Å². The molecule has 0 unspecified atom stereocenters. The molecule has 0 radical (unpaired) electrons. The highest BCUT2D eigenvalue weighted by molar-refractivity contribution is 5.81. The van der Waals surface area contributed by atoms with Gasteiger partial charge in [0.25, 0.3) is 0 Å². The second-order valence-electron chi connectivity index (χ2n) is 6.67. The molecule has 28 heavy (non-hydrogen) atoms. The molecule has 1 amide bonds. The molecular weight excluding hydrogens is 353 g/mol. The molecule has 0 bridgehead atoms. The number of carbonyl (C=O) groups is 1. The van der Waals surface area contributed by atoms with E-state index < -0.39 is 0 Å². The molecule has 5 heteroatoms. The van der Waals surface area contributed by atoms with Crippen molar-refractivity contribution in [3.05, 3.63) is 102 Å². The Labute approximate surface area is 162 Å². The Morgan fingerprint density at radius 3 is 2.39 bits per heavy atom. The smallest absolute Gasteiger partial charge is 0.240 e. The second-order valence-corrected chi connectivity index (χ2v) is 6.67. The van der Waals surface area contributed by atoms with E-state index in [0.717, 1.165) is 28.0 Å². The molecule has 0 fully saturated rings. The average molecular weight is 373 g/mol. The van der Waals surface area contributed by atoms with Gasteiger partial charge in [0.1, 0.15) is 18.2 Å². The number of nitrogens with zero attached hydrogens (tertiary/aromatic N) is 2. The number of aromatic nitrogens is 2. The zero-order valence-corrected chi connectivity index (χ0v) is 15.3. The SMILES string of the molecule is O=C(Cn1c(Cc2ccccc2)nc2ccccc21)NCc1ccc(F)cc1. The first-order chi connectivity index (χ1) is 13.7. The zero-order chi connectivity index (χ0) is 19.3. The third-order valence-corrected chi connectivity index (χ3v) is 4.64. The van der Waals surface area contributed by atoms with Crippen molar-refractivity contribution in [3.8, 4) is 0 Å². The lowest BCUT2D eigenvalue weighted by Gasteiger charge is -2.10. The molecule has 0 saturated carbocycles. The van der Waals surface area contributed by atoms with Crippen molar-refractivity contribution in [1.82, 2.24) is 14.9 Å². The van der Waals surface area contributed by atoms with Crippen LogP contribution in [0.1, 0.15) is 17.0 Å². The lowest BCUT2D eigenvalue weighted by atomic mass is 10.1. The number of imidazole rings is 1. The third-order valence-electron chi connectivity index (χ3n) is 4.64. The van der Waals surface area contributed by atoms with E-state index in [4.69, 9.17) is 4.98 Å². The van der Waals surface area contributed by atoms with Crippen molar-refractivity contribution in [3.63, 3.8) is 0 Å². The van der Waals surface area contributed by atoms with E-state index >= 15 is 0 Å². The molecule has 0 aliphatic carbocycles. The Kier molecular flexibility index (Phi) is 5.15. The molecule has 0 spiro atoms. The van der Waals surface area contributed by atoms with E-state index in [0.29, 0.717) is 13.0 Å². The maximum atomic E-state index is 13.0. The molecule has 4 aromatic rings.